The monoisotopic (exact) mass is 505 g/mol. The van der Waals surface area contributed by atoms with Crippen LogP contribution in [-0.4, -0.2) is 25.3 Å². The number of halogens is 1. The van der Waals surface area contributed by atoms with Crippen molar-refractivity contribution in [2.24, 2.45) is 0 Å². The standard InChI is InChI=1S/C31H28FN5O/c1-3-27-26-20-36(31(38)33-24-17-15-23(32)16-18-24)29(22-13-11-21(2)12-14-22)28-10-7-19-35(28)30(26)37(34-27)25-8-5-4-6-9-25/h4-19,29H,3,20H2,1-2H3,(H,33,38). The molecule has 1 atom stereocenters. The van der Waals surface area contributed by atoms with E-state index in [2.05, 4.69) is 54.1 Å². The van der Waals surface area contributed by atoms with E-state index in [0.29, 0.717) is 12.2 Å². The average Bonchev–Trinajstić information content (AvgIpc) is 3.52. The Morgan fingerprint density at radius 1 is 0.974 bits per heavy atom. The quantitative estimate of drug-likeness (QED) is 0.292. The number of nitrogens with zero attached hydrogens (tertiary/aromatic N) is 4. The molecule has 0 radical (unpaired) electrons. The fourth-order valence-corrected chi connectivity index (χ4v) is 5.18. The van der Waals surface area contributed by atoms with Gasteiger partial charge in [-0.1, -0.05) is 55.0 Å². The van der Waals surface area contributed by atoms with Gasteiger partial charge in [-0.25, -0.2) is 13.9 Å². The van der Waals surface area contributed by atoms with Gasteiger partial charge in [-0.15, -0.1) is 0 Å². The van der Waals surface area contributed by atoms with Gasteiger partial charge < -0.3 is 14.8 Å². The maximum Gasteiger partial charge on any atom is 0.322 e. The number of rotatable bonds is 4. The molecule has 2 aromatic heterocycles. The number of para-hydroxylation sites is 1. The Morgan fingerprint density at radius 3 is 2.42 bits per heavy atom. The van der Waals surface area contributed by atoms with Crippen molar-refractivity contribution in [3.63, 3.8) is 0 Å². The molecule has 0 bridgehead atoms. The van der Waals surface area contributed by atoms with Crippen molar-refractivity contribution < 1.29 is 9.18 Å². The van der Waals surface area contributed by atoms with Crippen LogP contribution in [0, 0.1) is 12.7 Å². The van der Waals surface area contributed by atoms with Crippen LogP contribution >= 0.6 is 0 Å². The molecule has 1 unspecified atom stereocenters. The topological polar surface area (TPSA) is 55.1 Å². The molecule has 1 aliphatic rings. The molecule has 0 spiro atoms. The summed E-state index contributed by atoms with van der Waals surface area (Å²) in [7, 11) is 0. The number of fused-ring (bicyclic) bond motifs is 3. The Balaban J connectivity index is 1.54. The molecule has 1 aliphatic heterocycles. The summed E-state index contributed by atoms with van der Waals surface area (Å²) in [5.41, 5.74) is 6.55. The first-order valence-electron chi connectivity index (χ1n) is 12.8. The fourth-order valence-electron chi connectivity index (χ4n) is 5.18. The van der Waals surface area contributed by atoms with Crippen LogP contribution in [0.5, 0.6) is 0 Å². The smallest absolute Gasteiger partial charge is 0.308 e. The minimum Gasteiger partial charge on any atom is -0.308 e. The van der Waals surface area contributed by atoms with Gasteiger partial charge in [-0.2, -0.15) is 5.10 Å². The molecule has 38 heavy (non-hydrogen) atoms. The van der Waals surface area contributed by atoms with E-state index in [0.717, 1.165) is 46.0 Å². The molecule has 1 N–H and O–H groups in total. The van der Waals surface area contributed by atoms with Gasteiger partial charge in [0, 0.05) is 17.4 Å². The third-order valence-corrected chi connectivity index (χ3v) is 7.05. The summed E-state index contributed by atoms with van der Waals surface area (Å²) >= 11 is 0. The molecule has 190 valence electrons. The van der Waals surface area contributed by atoms with Gasteiger partial charge in [0.25, 0.3) is 0 Å². The molecule has 6 nitrogen and oxygen atoms in total. The number of aromatic nitrogens is 3. The number of amides is 2. The van der Waals surface area contributed by atoms with Crippen molar-refractivity contribution in [1.29, 1.82) is 0 Å². The lowest BCUT2D eigenvalue weighted by Gasteiger charge is -2.31. The molecule has 0 saturated carbocycles. The number of urea groups is 1. The number of carbonyl (C=O) groups is 1. The average molecular weight is 506 g/mol. The van der Waals surface area contributed by atoms with E-state index in [1.807, 2.05) is 52.2 Å². The number of aryl methyl sites for hydroxylation is 2. The first-order valence-corrected chi connectivity index (χ1v) is 12.8. The Labute approximate surface area is 221 Å². The molecule has 6 rings (SSSR count). The van der Waals surface area contributed by atoms with Crippen molar-refractivity contribution in [3.8, 4) is 11.5 Å². The molecule has 3 heterocycles. The zero-order chi connectivity index (χ0) is 26.2. The second-order valence-electron chi connectivity index (χ2n) is 9.53. The van der Waals surface area contributed by atoms with Gasteiger partial charge >= 0.3 is 6.03 Å². The minimum atomic E-state index is -0.354. The van der Waals surface area contributed by atoms with Crippen LogP contribution in [0.1, 0.15) is 41.0 Å². The molecule has 0 saturated heterocycles. The van der Waals surface area contributed by atoms with E-state index >= 15 is 0 Å². The highest BCUT2D eigenvalue weighted by atomic mass is 19.1. The Morgan fingerprint density at radius 2 is 1.71 bits per heavy atom. The van der Waals surface area contributed by atoms with E-state index in [1.54, 1.807) is 12.1 Å². The first-order chi connectivity index (χ1) is 18.5. The summed E-state index contributed by atoms with van der Waals surface area (Å²) in [5, 5.41) is 7.98. The predicted molar refractivity (Wildman–Crippen MR) is 146 cm³/mol. The van der Waals surface area contributed by atoms with Gasteiger partial charge in [-0.3, -0.25) is 0 Å². The summed E-state index contributed by atoms with van der Waals surface area (Å²) in [5.74, 6) is 0.584. The zero-order valence-corrected chi connectivity index (χ0v) is 21.3. The van der Waals surface area contributed by atoms with Crippen LogP contribution in [0.4, 0.5) is 14.9 Å². The van der Waals surface area contributed by atoms with E-state index in [1.165, 1.54) is 12.1 Å². The van der Waals surface area contributed by atoms with Crippen molar-refractivity contribution in [3.05, 3.63) is 131 Å². The van der Waals surface area contributed by atoms with Gasteiger partial charge in [0.2, 0.25) is 0 Å². The van der Waals surface area contributed by atoms with Crippen LogP contribution in [0.3, 0.4) is 0 Å². The van der Waals surface area contributed by atoms with E-state index in [9.17, 15) is 9.18 Å². The van der Waals surface area contributed by atoms with Crippen LogP contribution in [0.2, 0.25) is 0 Å². The summed E-state index contributed by atoms with van der Waals surface area (Å²) in [6, 6.07) is 27.7. The highest BCUT2D eigenvalue weighted by molar-refractivity contribution is 5.90. The number of anilines is 1. The number of hydrogen-bond donors (Lipinski definition) is 1. The molecule has 5 aromatic rings. The van der Waals surface area contributed by atoms with Gasteiger partial charge in [-0.05, 0) is 67.4 Å². The minimum absolute atomic E-state index is 0.266. The molecule has 7 heteroatoms. The van der Waals surface area contributed by atoms with Crippen LogP contribution in [-0.2, 0) is 13.0 Å². The fraction of sp³-hybridized carbons (Fsp3) is 0.161. The van der Waals surface area contributed by atoms with Gasteiger partial charge in [0.1, 0.15) is 11.6 Å². The molecule has 2 amide bonds. The number of hydrogen-bond acceptors (Lipinski definition) is 2. The van der Waals surface area contributed by atoms with E-state index in [-0.39, 0.29) is 17.9 Å². The summed E-state index contributed by atoms with van der Waals surface area (Å²) in [4.78, 5) is 15.8. The molecule has 3 aromatic carbocycles. The Bertz CT molecular complexity index is 1590. The van der Waals surface area contributed by atoms with Crippen LogP contribution in [0.25, 0.3) is 11.5 Å². The predicted octanol–water partition coefficient (Wildman–Crippen LogP) is 6.81. The Hall–Kier alpha value is -4.65. The van der Waals surface area contributed by atoms with Gasteiger partial charge in [0.15, 0.2) is 0 Å². The Kier molecular flexibility index (Phi) is 6.04. The highest BCUT2D eigenvalue weighted by Gasteiger charge is 2.36. The number of carbonyl (C=O) groups excluding carboxylic acids is 1. The number of benzene rings is 3. The number of nitrogens with one attached hydrogen (secondary N) is 1. The van der Waals surface area contributed by atoms with Crippen LogP contribution < -0.4 is 5.32 Å². The largest absolute Gasteiger partial charge is 0.322 e. The summed E-state index contributed by atoms with van der Waals surface area (Å²) in [6.45, 7) is 4.49. The van der Waals surface area contributed by atoms with Crippen molar-refractivity contribution >= 4 is 11.7 Å². The van der Waals surface area contributed by atoms with Gasteiger partial charge in [0.05, 0.1) is 29.7 Å². The zero-order valence-electron chi connectivity index (χ0n) is 21.3. The van der Waals surface area contributed by atoms with Crippen molar-refractivity contribution in [2.45, 2.75) is 32.9 Å². The lowest BCUT2D eigenvalue weighted by molar-refractivity contribution is 0.194. The maximum absolute atomic E-state index is 14.0. The highest BCUT2D eigenvalue weighted by Crippen LogP contribution is 2.39. The molecule has 0 aliphatic carbocycles. The lowest BCUT2D eigenvalue weighted by atomic mass is 10.0. The van der Waals surface area contributed by atoms with Crippen LogP contribution in [0.15, 0.2) is 97.2 Å². The maximum atomic E-state index is 14.0. The van der Waals surface area contributed by atoms with Crippen molar-refractivity contribution in [2.75, 3.05) is 5.32 Å². The normalized spacial score (nSPS) is 14.5. The summed E-state index contributed by atoms with van der Waals surface area (Å²) in [6.07, 6.45) is 2.76. The lowest BCUT2D eigenvalue weighted by Crippen LogP contribution is -2.38. The second-order valence-corrected chi connectivity index (χ2v) is 9.53. The SMILES string of the molecule is CCc1nn(-c2ccccc2)c2c1CN(C(=O)Nc1ccc(F)cc1)C(c1ccc(C)cc1)c1cccn1-2. The van der Waals surface area contributed by atoms with E-state index < -0.39 is 0 Å². The van der Waals surface area contributed by atoms with Crippen molar-refractivity contribution in [1.82, 2.24) is 19.2 Å². The first kappa shape index (κ1) is 23.7. The second kappa shape index (κ2) is 9.67. The molecular weight excluding hydrogens is 477 g/mol. The summed E-state index contributed by atoms with van der Waals surface area (Å²) < 4.78 is 17.7. The molecular formula is C31H28FN5O. The third-order valence-electron chi connectivity index (χ3n) is 7.05. The third kappa shape index (κ3) is 4.16. The van der Waals surface area contributed by atoms with E-state index in [4.69, 9.17) is 5.10 Å². The molecule has 0 fully saturated rings.